The molecule has 6 nitrogen and oxygen atoms in total. The summed E-state index contributed by atoms with van der Waals surface area (Å²) in [7, 11) is 0. The number of hydrogen-bond donors (Lipinski definition) is 1. The van der Waals surface area contributed by atoms with Crippen molar-refractivity contribution in [2.24, 2.45) is 0 Å². The molecular formula is C19H26N4O2. The van der Waals surface area contributed by atoms with Crippen LogP contribution in [0.5, 0.6) is 0 Å². The summed E-state index contributed by atoms with van der Waals surface area (Å²) in [5.41, 5.74) is 3.95. The van der Waals surface area contributed by atoms with Gasteiger partial charge in [0.05, 0.1) is 6.54 Å². The van der Waals surface area contributed by atoms with Crippen LogP contribution in [0, 0.1) is 6.92 Å². The maximum atomic E-state index is 12.1. The molecule has 3 aliphatic rings. The molecule has 0 bridgehead atoms. The molecule has 1 aromatic rings. The number of anilines is 1. The molecule has 1 aromatic carbocycles. The van der Waals surface area contributed by atoms with E-state index < -0.39 is 0 Å². The van der Waals surface area contributed by atoms with Gasteiger partial charge < -0.3 is 15.1 Å². The van der Waals surface area contributed by atoms with Crippen LogP contribution in [-0.2, 0) is 16.1 Å². The van der Waals surface area contributed by atoms with Crippen LogP contribution in [0.15, 0.2) is 18.2 Å². The molecule has 3 heterocycles. The first-order valence-corrected chi connectivity index (χ1v) is 9.26. The van der Waals surface area contributed by atoms with E-state index >= 15 is 0 Å². The second-order valence-electron chi connectivity index (χ2n) is 7.37. The van der Waals surface area contributed by atoms with Gasteiger partial charge in [-0.3, -0.25) is 14.5 Å². The largest absolute Gasteiger partial charge is 0.371 e. The van der Waals surface area contributed by atoms with Gasteiger partial charge in [0.2, 0.25) is 11.8 Å². The van der Waals surface area contributed by atoms with Gasteiger partial charge in [0.15, 0.2) is 0 Å². The Morgan fingerprint density at radius 1 is 1.12 bits per heavy atom. The second-order valence-corrected chi connectivity index (χ2v) is 7.37. The molecule has 0 saturated carbocycles. The fraction of sp³-hybridized carbons (Fsp3) is 0.579. The molecule has 134 valence electrons. The maximum absolute atomic E-state index is 12.1. The van der Waals surface area contributed by atoms with E-state index in [-0.39, 0.29) is 24.4 Å². The van der Waals surface area contributed by atoms with Crippen molar-refractivity contribution < 1.29 is 9.59 Å². The van der Waals surface area contributed by atoms with Crippen LogP contribution < -0.4 is 10.2 Å². The highest BCUT2D eigenvalue weighted by atomic mass is 16.2. The van der Waals surface area contributed by atoms with E-state index in [1.54, 1.807) is 4.90 Å². The Hall–Kier alpha value is -2.08. The lowest BCUT2D eigenvalue weighted by atomic mass is 10.1. The zero-order chi connectivity index (χ0) is 17.4. The van der Waals surface area contributed by atoms with Gasteiger partial charge in [-0.2, -0.15) is 0 Å². The standard InChI is InChI=1S/C19H26N4O2/c1-14-10-15(4-5-16(14)22-6-2-3-7-22)12-21-8-9-23-17(13-21)19(25)20-11-18(23)24/h4-5,10,17H,2-3,6-9,11-13H2,1H3,(H,20,25)/t17-/m1/s1. The monoisotopic (exact) mass is 342 g/mol. The molecule has 25 heavy (non-hydrogen) atoms. The lowest BCUT2D eigenvalue weighted by Crippen LogP contribution is -2.65. The summed E-state index contributed by atoms with van der Waals surface area (Å²) in [5, 5.41) is 2.70. The van der Waals surface area contributed by atoms with Crippen molar-refractivity contribution in [1.82, 2.24) is 15.1 Å². The van der Waals surface area contributed by atoms with E-state index in [2.05, 4.69) is 40.2 Å². The minimum absolute atomic E-state index is 0.0233. The molecule has 4 rings (SSSR count). The number of benzene rings is 1. The van der Waals surface area contributed by atoms with Gasteiger partial charge in [0, 0.05) is 45.0 Å². The Balaban J connectivity index is 1.43. The Morgan fingerprint density at radius 3 is 2.68 bits per heavy atom. The van der Waals surface area contributed by atoms with Gasteiger partial charge >= 0.3 is 0 Å². The number of nitrogens with one attached hydrogen (secondary N) is 1. The summed E-state index contributed by atoms with van der Waals surface area (Å²) < 4.78 is 0. The molecule has 0 radical (unpaired) electrons. The van der Waals surface area contributed by atoms with Crippen LogP contribution >= 0.6 is 0 Å². The highest BCUT2D eigenvalue weighted by Gasteiger charge is 2.38. The molecule has 3 fully saturated rings. The zero-order valence-electron chi connectivity index (χ0n) is 14.8. The second kappa shape index (κ2) is 6.67. The number of piperazine rings is 2. The van der Waals surface area contributed by atoms with E-state index in [0.717, 1.165) is 26.2 Å². The van der Waals surface area contributed by atoms with Gasteiger partial charge in [0.25, 0.3) is 0 Å². The number of carbonyl (C=O) groups is 2. The van der Waals surface area contributed by atoms with Crippen molar-refractivity contribution >= 4 is 17.5 Å². The smallest absolute Gasteiger partial charge is 0.244 e. The van der Waals surface area contributed by atoms with Crippen molar-refractivity contribution in [3.05, 3.63) is 29.3 Å². The number of fused-ring (bicyclic) bond motifs is 1. The Kier molecular flexibility index (Phi) is 4.37. The van der Waals surface area contributed by atoms with Crippen LogP contribution in [0.2, 0.25) is 0 Å². The lowest BCUT2D eigenvalue weighted by molar-refractivity contribution is -0.149. The Bertz CT molecular complexity index is 684. The highest BCUT2D eigenvalue weighted by Crippen LogP contribution is 2.26. The molecule has 3 aliphatic heterocycles. The summed E-state index contributed by atoms with van der Waals surface area (Å²) in [6.45, 7) is 7.55. The predicted molar refractivity (Wildman–Crippen MR) is 96.4 cm³/mol. The van der Waals surface area contributed by atoms with Crippen molar-refractivity contribution in [1.29, 1.82) is 0 Å². The van der Waals surface area contributed by atoms with Crippen molar-refractivity contribution in [2.45, 2.75) is 32.4 Å². The Labute approximate surface area is 148 Å². The van der Waals surface area contributed by atoms with Crippen molar-refractivity contribution in [2.75, 3.05) is 44.2 Å². The van der Waals surface area contributed by atoms with E-state index in [0.29, 0.717) is 13.1 Å². The van der Waals surface area contributed by atoms with Gasteiger partial charge in [-0.05, 0) is 37.0 Å². The third-order valence-electron chi connectivity index (χ3n) is 5.62. The molecule has 1 N–H and O–H groups in total. The first kappa shape index (κ1) is 16.4. The van der Waals surface area contributed by atoms with Crippen LogP contribution in [0.1, 0.15) is 24.0 Å². The lowest BCUT2D eigenvalue weighted by Gasteiger charge is -2.43. The molecule has 0 aliphatic carbocycles. The fourth-order valence-corrected chi connectivity index (χ4v) is 4.28. The molecule has 3 saturated heterocycles. The van der Waals surface area contributed by atoms with Gasteiger partial charge in [0.1, 0.15) is 6.04 Å². The van der Waals surface area contributed by atoms with E-state index in [4.69, 9.17) is 0 Å². The minimum atomic E-state index is -0.333. The topological polar surface area (TPSA) is 55.9 Å². The number of hydrogen-bond acceptors (Lipinski definition) is 4. The summed E-state index contributed by atoms with van der Waals surface area (Å²) >= 11 is 0. The molecule has 0 unspecified atom stereocenters. The summed E-state index contributed by atoms with van der Waals surface area (Å²) in [6.07, 6.45) is 2.57. The van der Waals surface area contributed by atoms with Crippen LogP contribution in [0.3, 0.4) is 0 Å². The van der Waals surface area contributed by atoms with Crippen molar-refractivity contribution in [3.63, 3.8) is 0 Å². The normalized spacial score (nSPS) is 24.4. The summed E-state index contributed by atoms with van der Waals surface area (Å²) in [5.74, 6) is 0.0138. The molecule has 0 spiro atoms. The summed E-state index contributed by atoms with van der Waals surface area (Å²) in [6, 6.07) is 6.38. The first-order valence-electron chi connectivity index (χ1n) is 9.26. The van der Waals surface area contributed by atoms with E-state index in [1.807, 2.05) is 0 Å². The predicted octanol–water partition coefficient (Wildman–Crippen LogP) is 0.738. The average Bonchev–Trinajstić information content (AvgIpc) is 3.13. The maximum Gasteiger partial charge on any atom is 0.244 e. The van der Waals surface area contributed by atoms with Crippen LogP contribution in [0.4, 0.5) is 5.69 Å². The Morgan fingerprint density at radius 2 is 1.92 bits per heavy atom. The number of amides is 2. The highest BCUT2D eigenvalue weighted by molar-refractivity contribution is 5.95. The first-order chi connectivity index (χ1) is 12.1. The molecular weight excluding hydrogens is 316 g/mol. The number of rotatable bonds is 3. The van der Waals surface area contributed by atoms with E-state index in [9.17, 15) is 9.59 Å². The van der Waals surface area contributed by atoms with E-state index in [1.165, 1.54) is 29.7 Å². The average molecular weight is 342 g/mol. The SMILES string of the molecule is Cc1cc(CN2CCN3C(=O)CNC(=O)[C@H]3C2)ccc1N1CCCC1. The number of aryl methyl sites for hydroxylation is 1. The van der Waals surface area contributed by atoms with Gasteiger partial charge in [-0.25, -0.2) is 0 Å². The minimum Gasteiger partial charge on any atom is -0.371 e. The zero-order valence-corrected chi connectivity index (χ0v) is 14.8. The van der Waals surface area contributed by atoms with Crippen LogP contribution in [0.25, 0.3) is 0 Å². The summed E-state index contributed by atoms with van der Waals surface area (Å²) in [4.78, 5) is 30.5. The van der Waals surface area contributed by atoms with Gasteiger partial charge in [-0.15, -0.1) is 0 Å². The molecule has 0 aromatic heterocycles. The third kappa shape index (κ3) is 3.23. The fourth-order valence-electron chi connectivity index (χ4n) is 4.28. The van der Waals surface area contributed by atoms with Gasteiger partial charge in [-0.1, -0.05) is 12.1 Å². The third-order valence-corrected chi connectivity index (χ3v) is 5.62. The number of carbonyl (C=O) groups excluding carboxylic acids is 2. The molecule has 2 amide bonds. The number of nitrogens with zero attached hydrogens (tertiary/aromatic N) is 3. The van der Waals surface area contributed by atoms with Crippen molar-refractivity contribution in [3.8, 4) is 0 Å². The molecule has 6 heteroatoms. The molecule has 1 atom stereocenters. The quantitative estimate of drug-likeness (QED) is 0.880. The van der Waals surface area contributed by atoms with Crippen LogP contribution in [-0.4, -0.2) is 66.9 Å².